The van der Waals surface area contributed by atoms with Gasteiger partial charge in [-0.25, -0.2) is 4.79 Å². The third kappa shape index (κ3) is 1.80. The average Bonchev–Trinajstić information content (AvgIpc) is 2.71. The van der Waals surface area contributed by atoms with Gasteiger partial charge in [0.1, 0.15) is 0 Å². The zero-order valence-electron chi connectivity index (χ0n) is 7.69. The van der Waals surface area contributed by atoms with Crippen LogP contribution >= 0.6 is 23.1 Å². The lowest BCUT2D eigenvalue weighted by molar-refractivity contribution is -0.136. The van der Waals surface area contributed by atoms with Crippen molar-refractivity contribution >= 4 is 29.1 Å². The SMILES string of the molecule is Cc1ccsc1[C@@H]1CS[C@H](C(=O)O)N1. The Balaban J connectivity index is 2.10. The molecule has 0 bridgehead atoms. The Kier molecular flexibility index (Phi) is 2.80. The summed E-state index contributed by atoms with van der Waals surface area (Å²) >= 11 is 3.15. The summed E-state index contributed by atoms with van der Waals surface area (Å²) in [5.74, 6) is 0.0740. The van der Waals surface area contributed by atoms with Crippen LogP contribution in [-0.2, 0) is 4.79 Å². The number of aryl methyl sites for hydroxylation is 1. The number of thioether (sulfide) groups is 1. The fourth-order valence-electron chi connectivity index (χ4n) is 1.51. The first-order valence-electron chi connectivity index (χ1n) is 4.33. The summed E-state index contributed by atoms with van der Waals surface area (Å²) < 4.78 is 0. The van der Waals surface area contributed by atoms with Gasteiger partial charge in [0.05, 0.1) is 6.04 Å². The third-order valence-electron chi connectivity index (χ3n) is 2.22. The van der Waals surface area contributed by atoms with E-state index in [0.717, 1.165) is 5.75 Å². The number of hydrogen-bond acceptors (Lipinski definition) is 4. The predicted octanol–water partition coefficient (Wildman–Crippen LogP) is 1.84. The van der Waals surface area contributed by atoms with Gasteiger partial charge in [0.25, 0.3) is 0 Å². The molecule has 14 heavy (non-hydrogen) atoms. The van der Waals surface area contributed by atoms with Gasteiger partial charge >= 0.3 is 5.97 Å². The van der Waals surface area contributed by atoms with E-state index >= 15 is 0 Å². The molecule has 1 saturated heterocycles. The number of aliphatic carboxylic acids is 1. The summed E-state index contributed by atoms with van der Waals surface area (Å²) in [6.45, 7) is 2.06. The standard InChI is InChI=1S/C9H11NO2S2/c1-5-2-3-13-7(5)6-4-14-8(10-6)9(11)12/h2-3,6,8,10H,4H2,1H3,(H,11,12)/t6-,8+/m0/s1. The number of thiophene rings is 1. The molecule has 2 heterocycles. The second kappa shape index (κ2) is 3.92. The number of nitrogens with one attached hydrogen (secondary N) is 1. The predicted molar refractivity (Wildman–Crippen MR) is 58.8 cm³/mol. The van der Waals surface area contributed by atoms with E-state index in [2.05, 4.69) is 18.3 Å². The van der Waals surface area contributed by atoms with Gasteiger partial charge < -0.3 is 5.11 Å². The van der Waals surface area contributed by atoms with Gasteiger partial charge in [-0.2, -0.15) is 0 Å². The molecule has 1 aliphatic rings. The first-order chi connectivity index (χ1) is 6.68. The van der Waals surface area contributed by atoms with E-state index < -0.39 is 11.3 Å². The summed E-state index contributed by atoms with van der Waals surface area (Å²) in [6.07, 6.45) is 0. The fraction of sp³-hybridized carbons (Fsp3) is 0.444. The highest BCUT2D eigenvalue weighted by Crippen LogP contribution is 2.33. The van der Waals surface area contributed by atoms with Crippen LogP contribution in [0, 0.1) is 6.92 Å². The molecule has 0 amide bonds. The van der Waals surface area contributed by atoms with Crippen molar-refractivity contribution in [2.75, 3.05) is 5.75 Å². The Morgan fingerprint density at radius 1 is 1.71 bits per heavy atom. The Hall–Kier alpha value is -0.520. The highest BCUT2D eigenvalue weighted by molar-refractivity contribution is 8.00. The number of rotatable bonds is 2. The minimum Gasteiger partial charge on any atom is -0.479 e. The molecular formula is C9H11NO2S2. The molecule has 1 aliphatic heterocycles. The normalized spacial score (nSPS) is 26.6. The van der Waals surface area contributed by atoms with E-state index in [0.29, 0.717) is 0 Å². The van der Waals surface area contributed by atoms with Gasteiger partial charge in [-0.3, -0.25) is 5.32 Å². The van der Waals surface area contributed by atoms with Crippen molar-refractivity contribution in [3.63, 3.8) is 0 Å². The zero-order valence-corrected chi connectivity index (χ0v) is 9.32. The summed E-state index contributed by atoms with van der Waals surface area (Å²) in [4.78, 5) is 12.0. The molecule has 0 aliphatic carbocycles. The van der Waals surface area contributed by atoms with Crippen LogP contribution < -0.4 is 5.32 Å². The highest BCUT2D eigenvalue weighted by Gasteiger charge is 2.31. The summed E-state index contributed by atoms with van der Waals surface area (Å²) in [7, 11) is 0. The van der Waals surface area contributed by atoms with Crippen molar-refractivity contribution in [2.45, 2.75) is 18.3 Å². The summed E-state index contributed by atoms with van der Waals surface area (Å²) in [6, 6.07) is 2.28. The molecule has 1 fully saturated rings. The minimum atomic E-state index is -0.772. The minimum absolute atomic E-state index is 0.209. The summed E-state index contributed by atoms with van der Waals surface area (Å²) in [5, 5.41) is 13.5. The van der Waals surface area contributed by atoms with E-state index in [1.807, 2.05) is 5.38 Å². The largest absolute Gasteiger partial charge is 0.479 e. The van der Waals surface area contributed by atoms with Crippen molar-refractivity contribution in [1.29, 1.82) is 0 Å². The van der Waals surface area contributed by atoms with Crippen LogP contribution in [0.3, 0.4) is 0 Å². The van der Waals surface area contributed by atoms with Gasteiger partial charge in [0.15, 0.2) is 5.37 Å². The first-order valence-corrected chi connectivity index (χ1v) is 6.26. The number of hydrogen-bond donors (Lipinski definition) is 2. The van der Waals surface area contributed by atoms with E-state index in [1.54, 1.807) is 11.3 Å². The lowest BCUT2D eigenvalue weighted by Gasteiger charge is -2.09. The van der Waals surface area contributed by atoms with E-state index in [9.17, 15) is 4.79 Å². The number of carboxylic acids is 1. The first kappa shape index (κ1) is 10.0. The molecule has 1 aromatic heterocycles. The van der Waals surface area contributed by atoms with Crippen LogP contribution in [0.5, 0.6) is 0 Å². The van der Waals surface area contributed by atoms with Crippen molar-refractivity contribution in [1.82, 2.24) is 5.32 Å². The van der Waals surface area contributed by atoms with Crippen molar-refractivity contribution in [3.8, 4) is 0 Å². The zero-order chi connectivity index (χ0) is 10.1. The topological polar surface area (TPSA) is 49.3 Å². The molecule has 0 aromatic carbocycles. The molecule has 0 unspecified atom stereocenters. The van der Waals surface area contributed by atoms with Crippen LogP contribution in [0.4, 0.5) is 0 Å². The van der Waals surface area contributed by atoms with Crippen molar-refractivity contribution < 1.29 is 9.90 Å². The molecular weight excluding hydrogens is 218 g/mol. The second-order valence-corrected chi connectivity index (χ2v) is 5.32. The van der Waals surface area contributed by atoms with Crippen LogP contribution in [0.15, 0.2) is 11.4 Å². The molecule has 2 rings (SSSR count). The maximum Gasteiger partial charge on any atom is 0.331 e. The van der Waals surface area contributed by atoms with E-state index in [1.165, 1.54) is 22.2 Å². The number of carboxylic acid groups (broad SMARTS) is 1. The van der Waals surface area contributed by atoms with E-state index in [4.69, 9.17) is 5.11 Å². The molecule has 2 atom stereocenters. The van der Waals surface area contributed by atoms with Gasteiger partial charge in [0, 0.05) is 10.6 Å². The van der Waals surface area contributed by atoms with Crippen molar-refractivity contribution in [3.05, 3.63) is 21.9 Å². The van der Waals surface area contributed by atoms with Crippen LogP contribution in [0.2, 0.25) is 0 Å². The van der Waals surface area contributed by atoms with Crippen molar-refractivity contribution in [2.24, 2.45) is 0 Å². The van der Waals surface area contributed by atoms with Crippen LogP contribution in [-0.4, -0.2) is 22.2 Å². The quantitative estimate of drug-likeness (QED) is 0.812. The molecule has 0 spiro atoms. The third-order valence-corrected chi connectivity index (χ3v) is 4.55. The smallest absolute Gasteiger partial charge is 0.331 e. The molecule has 3 nitrogen and oxygen atoms in total. The molecule has 2 N–H and O–H groups in total. The Morgan fingerprint density at radius 3 is 3.00 bits per heavy atom. The van der Waals surface area contributed by atoms with Gasteiger partial charge in [0.2, 0.25) is 0 Å². The number of carbonyl (C=O) groups is 1. The molecule has 0 radical (unpaired) electrons. The maximum absolute atomic E-state index is 10.7. The van der Waals surface area contributed by atoms with Gasteiger partial charge in [-0.15, -0.1) is 23.1 Å². The Labute approximate surface area is 90.5 Å². The lowest BCUT2D eigenvalue weighted by atomic mass is 10.2. The molecule has 5 heteroatoms. The van der Waals surface area contributed by atoms with Crippen LogP contribution in [0.1, 0.15) is 16.5 Å². The maximum atomic E-state index is 10.7. The van der Waals surface area contributed by atoms with E-state index in [-0.39, 0.29) is 6.04 Å². The lowest BCUT2D eigenvalue weighted by Crippen LogP contribution is -2.30. The highest BCUT2D eigenvalue weighted by atomic mass is 32.2. The molecule has 0 saturated carbocycles. The van der Waals surface area contributed by atoms with Gasteiger partial charge in [-0.05, 0) is 23.9 Å². The Bertz CT molecular complexity index is 350. The summed E-state index contributed by atoms with van der Waals surface area (Å²) in [5.41, 5.74) is 1.25. The Morgan fingerprint density at radius 2 is 2.50 bits per heavy atom. The monoisotopic (exact) mass is 229 g/mol. The second-order valence-electron chi connectivity index (χ2n) is 3.24. The van der Waals surface area contributed by atoms with Gasteiger partial charge in [-0.1, -0.05) is 0 Å². The van der Waals surface area contributed by atoms with Crippen LogP contribution in [0.25, 0.3) is 0 Å². The molecule has 76 valence electrons. The average molecular weight is 229 g/mol. The molecule has 1 aromatic rings. The fourth-order valence-corrected chi connectivity index (χ4v) is 3.65.